The predicted octanol–water partition coefficient (Wildman–Crippen LogP) is 4.72. The molecule has 21 heavy (non-hydrogen) atoms. The van der Waals surface area contributed by atoms with Gasteiger partial charge in [0.1, 0.15) is 10.5 Å². The van der Waals surface area contributed by atoms with Crippen LogP contribution in [-0.2, 0) is 11.5 Å². The third-order valence-corrected chi connectivity index (χ3v) is 5.49. The van der Waals surface area contributed by atoms with E-state index in [9.17, 15) is 4.79 Å². The molecular weight excluding hydrogens is 347 g/mol. The van der Waals surface area contributed by atoms with Crippen LogP contribution in [0, 0.1) is 0 Å². The standard InChI is InChI=1S/C14H10Cl2N2OS2/c15-9-2-1-3-10(16)8(9)6-20-7-12-17-11-4-5-21-13(11)14(19)18-12/h1-5H,6-7H2,(H,17,18,19). The number of nitrogens with zero attached hydrogens (tertiary/aromatic N) is 1. The molecule has 108 valence electrons. The first-order valence-corrected chi connectivity index (χ1v) is 8.91. The number of thioether (sulfide) groups is 1. The van der Waals surface area contributed by atoms with Crippen molar-refractivity contribution in [2.24, 2.45) is 0 Å². The number of thiophene rings is 1. The molecule has 0 amide bonds. The molecule has 0 aliphatic heterocycles. The summed E-state index contributed by atoms with van der Waals surface area (Å²) in [5.74, 6) is 1.94. The van der Waals surface area contributed by atoms with Gasteiger partial charge in [0.05, 0.1) is 11.3 Å². The zero-order chi connectivity index (χ0) is 14.8. The summed E-state index contributed by atoms with van der Waals surface area (Å²) in [6.45, 7) is 0. The highest BCUT2D eigenvalue weighted by atomic mass is 35.5. The summed E-state index contributed by atoms with van der Waals surface area (Å²) in [6.07, 6.45) is 0. The topological polar surface area (TPSA) is 45.8 Å². The molecule has 0 unspecified atom stereocenters. The van der Waals surface area contributed by atoms with Gasteiger partial charge in [-0.3, -0.25) is 4.79 Å². The van der Waals surface area contributed by atoms with Crippen LogP contribution in [-0.4, -0.2) is 9.97 Å². The van der Waals surface area contributed by atoms with Crippen molar-refractivity contribution in [1.29, 1.82) is 0 Å². The van der Waals surface area contributed by atoms with Crippen molar-refractivity contribution in [3.05, 3.63) is 61.4 Å². The van der Waals surface area contributed by atoms with Gasteiger partial charge in [-0.25, -0.2) is 4.98 Å². The normalized spacial score (nSPS) is 11.1. The van der Waals surface area contributed by atoms with Crippen LogP contribution in [0.15, 0.2) is 34.4 Å². The first-order valence-electron chi connectivity index (χ1n) is 6.12. The number of aromatic nitrogens is 2. The third-order valence-electron chi connectivity index (χ3n) is 2.91. The summed E-state index contributed by atoms with van der Waals surface area (Å²) >= 11 is 15.3. The number of nitrogens with one attached hydrogen (secondary N) is 1. The molecule has 2 aromatic heterocycles. The summed E-state index contributed by atoms with van der Waals surface area (Å²) in [5.41, 5.74) is 1.57. The van der Waals surface area contributed by atoms with E-state index in [0.717, 1.165) is 11.1 Å². The quantitative estimate of drug-likeness (QED) is 0.735. The van der Waals surface area contributed by atoms with Gasteiger partial charge in [0.2, 0.25) is 0 Å². The SMILES string of the molecule is O=c1[nH]c(CSCc2c(Cl)cccc2Cl)nc2ccsc12. The van der Waals surface area contributed by atoms with Crippen molar-refractivity contribution in [2.45, 2.75) is 11.5 Å². The number of fused-ring (bicyclic) bond motifs is 1. The fraction of sp³-hybridized carbons (Fsp3) is 0.143. The third kappa shape index (κ3) is 3.26. The van der Waals surface area contributed by atoms with Crippen LogP contribution in [0.2, 0.25) is 10.0 Å². The highest BCUT2D eigenvalue weighted by Gasteiger charge is 2.08. The Hall–Kier alpha value is -1.01. The van der Waals surface area contributed by atoms with Gasteiger partial charge in [0, 0.05) is 15.8 Å². The molecule has 3 rings (SSSR count). The lowest BCUT2D eigenvalue weighted by molar-refractivity contribution is 1.04. The Morgan fingerprint density at radius 3 is 2.71 bits per heavy atom. The molecule has 0 saturated carbocycles. The maximum atomic E-state index is 11.9. The average Bonchev–Trinajstić information content (AvgIpc) is 2.91. The van der Waals surface area contributed by atoms with E-state index in [1.165, 1.54) is 11.3 Å². The van der Waals surface area contributed by atoms with E-state index < -0.39 is 0 Å². The molecule has 3 nitrogen and oxygen atoms in total. The predicted molar refractivity (Wildman–Crippen MR) is 91.7 cm³/mol. The maximum absolute atomic E-state index is 11.9. The van der Waals surface area contributed by atoms with Crippen LogP contribution in [0.3, 0.4) is 0 Å². The van der Waals surface area contributed by atoms with Gasteiger partial charge in [-0.15, -0.1) is 23.1 Å². The summed E-state index contributed by atoms with van der Waals surface area (Å²) in [5, 5.41) is 3.18. The van der Waals surface area contributed by atoms with E-state index in [1.54, 1.807) is 11.8 Å². The van der Waals surface area contributed by atoms with E-state index in [2.05, 4.69) is 9.97 Å². The van der Waals surface area contributed by atoms with Gasteiger partial charge in [-0.05, 0) is 29.1 Å². The highest BCUT2D eigenvalue weighted by molar-refractivity contribution is 7.97. The molecule has 0 fully saturated rings. The fourth-order valence-corrected chi connectivity index (χ4v) is 4.27. The lowest BCUT2D eigenvalue weighted by Gasteiger charge is -2.06. The van der Waals surface area contributed by atoms with Crippen LogP contribution >= 0.6 is 46.3 Å². The zero-order valence-corrected chi connectivity index (χ0v) is 13.9. The van der Waals surface area contributed by atoms with E-state index in [-0.39, 0.29) is 5.56 Å². The summed E-state index contributed by atoms with van der Waals surface area (Å²) < 4.78 is 0.665. The molecule has 0 aliphatic carbocycles. The van der Waals surface area contributed by atoms with Crippen LogP contribution in [0.4, 0.5) is 0 Å². The second-order valence-electron chi connectivity index (χ2n) is 4.34. The summed E-state index contributed by atoms with van der Waals surface area (Å²) in [7, 11) is 0. The van der Waals surface area contributed by atoms with Gasteiger partial charge < -0.3 is 4.98 Å². The molecule has 0 radical (unpaired) electrons. The minimum Gasteiger partial charge on any atom is -0.309 e. The second kappa shape index (κ2) is 6.40. The molecule has 3 aromatic rings. The van der Waals surface area contributed by atoms with Crippen LogP contribution in [0.5, 0.6) is 0 Å². The van der Waals surface area contributed by atoms with E-state index in [4.69, 9.17) is 23.2 Å². The van der Waals surface area contributed by atoms with Crippen LogP contribution in [0.25, 0.3) is 10.2 Å². The maximum Gasteiger partial charge on any atom is 0.268 e. The second-order valence-corrected chi connectivity index (χ2v) is 7.06. The Bertz CT molecular complexity index is 824. The van der Waals surface area contributed by atoms with Crippen LogP contribution in [0.1, 0.15) is 11.4 Å². The largest absolute Gasteiger partial charge is 0.309 e. The number of hydrogen-bond donors (Lipinski definition) is 1. The van der Waals surface area contributed by atoms with Crippen molar-refractivity contribution < 1.29 is 0 Å². The number of H-pyrrole nitrogens is 1. The van der Waals surface area contributed by atoms with Gasteiger partial charge in [-0.2, -0.15) is 0 Å². The molecular formula is C14H10Cl2N2OS2. The Morgan fingerprint density at radius 2 is 1.95 bits per heavy atom. The first kappa shape index (κ1) is 14.9. The van der Waals surface area contributed by atoms with Gasteiger partial charge >= 0.3 is 0 Å². The smallest absolute Gasteiger partial charge is 0.268 e. The Morgan fingerprint density at radius 1 is 1.19 bits per heavy atom. The summed E-state index contributed by atoms with van der Waals surface area (Å²) in [6, 6.07) is 7.32. The number of benzene rings is 1. The Kier molecular flexibility index (Phi) is 4.54. The summed E-state index contributed by atoms with van der Waals surface area (Å²) in [4.78, 5) is 19.1. The average molecular weight is 357 g/mol. The van der Waals surface area contributed by atoms with Crippen molar-refractivity contribution >= 4 is 56.5 Å². The van der Waals surface area contributed by atoms with E-state index in [0.29, 0.717) is 32.1 Å². The minimum absolute atomic E-state index is 0.0821. The molecule has 1 N–H and O–H groups in total. The van der Waals surface area contributed by atoms with Crippen molar-refractivity contribution in [2.75, 3.05) is 0 Å². The Balaban J connectivity index is 1.73. The molecule has 0 bridgehead atoms. The molecule has 0 atom stereocenters. The number of aromatic amines is 1. The monoisotopic (exact) mass is 356 g/mol. The molecule has 2 heterocycles. The van der Waals surface area contributed by atoms with E-state index in [1.807, 2.05) is 29.6 Å². The lowest BCUT2D eigenvalue weighted by atomic mass is 10.2. The number of halogens is 2. The lowest BCUT2D eigenvalue weighted by Crippen LogP contribution is -2.09. The first-order chi connectivity index (χ1) is 10.1. The van der Waals surface area contributed by atoms with Crippen molar-refractivity contribution in [3.8, 4) is 0 Å². The molecule has 0 aliphatic rings. The van der Waals surface area contributed by atoms with E-state index >= 15 is 0 Å². The van der Waals surface area contributed by atoms with Crippen LogP contribution < -0.4 is 5.56 Å². The minimum atomic E-state index is -0.0821. The van der Waals surface area contributed by atoms with Gasteiger partial charge in [0.25, 0.3) is 5.56 Å². The molecule has 1 aromatic carbocycles. The molecule has 7 heteroatoms. The van der Waals surface area contributed by atoms with Crippen molar-refractivity contribution in [3.63, 3.8) is 0 Å². The fourth-order valence-electron chi connectivity index (χ4n) is 1.91. The molecule has 0 saturated heterocycles. The van der Waals surface area contributed by atoms with Gasteiger partial charge in [-0.1, -0.05) is 29.3 Å². The zero-order valence-electron chi connectivity index (χ0n) is 10.7. The van der Waals surface area contributed by atoms with Crippen molar-refractivity contribution in [1.82, 2.24) is 9.97 Å². The highest BCUT2D eigenvalue weighted by Crippen LogP contribution is 2.29. The van der Waals surface area contributed by atoms with Gasteiger partial charge in [0.15, 0.2) is 0 Å². The number of hydrogen-bond acceptors (Lipinski definition) is 4. The number of rotatable bonds is 4. The molecule has 0 spiro atoms. The Labute approximate surface area is 139 Å².